The Kier molecular flexibility index (Phi) is 11.6. The molecule has 6 rings (SSSR count). The van der Waals surface area contributed by atoms with Crippen LogP contribution in [-0.2, 0) is 31.9 Å². The minimum atomic E-state index is -0.937. The van der Waals surface area contributed by atoms with Crippen molar-refractivity contribution in [2.75, 3.05) is 20.8 Å². The van der Waals surface area contributed by atoms with Gasteiger partial charge >= 0.3 is 12.1 Å². The van der Waals surface area contributed by atoms with Gasteiger partial charge in [-0.05, 0) is 94.0 Å². The molecule has 0 spiro atoms. The molecule has 276 valence electrons. The number of nitrogens with zero attached hydrogens (tertiary/aromatic N) is 1. The van der Waals surface area contributed by atoms with Gasteiger partial charge in [0.05, 0.1) is 31.3 Å². The van der Waals surface area contributed by atoms with Gasteiger partial charge in [0.15, 0.2) is 0 Å². The second kappa shape index (κ2) is 16.2. The summed E-state index contributed by atoms with van der Waals surface area (Å²) in [6.45, 7) is 5.38. The number of carbonyl (C=O) groups is 3. The first-order chi connectivity index (χ1) is 24.9. The van der Waals surface area contributed by atoms with Crippen LogP contribution in [-0.4, -0.2) is 65.7 Å². The van der Waals surface area contributed by atoms with Gasteiger partial charge in [0.1, 0.15) is 39.0 Å². The van der Waals surface area contributed by atoms with Crippen molar-refractivity contribution in [1.82, 2.24) is 10.2 Å². The predicted octanol–water partition coefficient (Wildman–Crippen LogP) is 7.97. The molecule has 1 saturated heterocycles. The Labute approximate surface area is 314 Å². The molecule has 12 heteroatoms. The minimum Gasteiger partial charge on any atom is -0.497 e. The highest BCUT2D eigenvalue weighted by molar-refractivity contribution is 8.26. The summed E-state index contributed by atoms with van der Waals surface area (Å²) in [5, 5.41) is 2.68. The number of furan rings is 1. The summed E-state index contributed by atoms with van der Waals surface area (Å²) in [5.41, 5.74) is 1.71. The molecule has 1 aliphatic heterocycles. The van der Waals surface area contributed by atoms with Crippen molar-refractivity contribution in [3.05, 3.63) is 76.4 Å². The number of rotatable bonds is 13. The number of nitrogens with one attached hydrogen (secondary N) is 1. The number of thiocarbonyl (C=S) groups is 1. The van der Waals surface area contributed by atoms with E-state index in [4.69, 9.17) is 35.6 Å². The first kappa shape index (κ1) is 37.5. The molecule has 1 N–H and O–H groups in total. The number of hydrogen-bond acceptors (Lipinski definition) is 10. The van der Waals surface area contributed by atoms with Gasteiger partial charge in [-0.2, -0.15) is 0 Å². The van der Waals surface area contributed by atoms with Crippen LogP contribution < -0.4 is 14.8 Å². The number of alkyl carbamates (subject to hydrolysis) is 1. The maximum atomic E-state index is 13.8. The van der Waals surface area contributed by atoms with E-state index in [1.807, 2.05) is 53.4 Å². The van der Waals surface area contributed by atoms with Crippen molar-refractivity contribution in [3.63, 3.8) is 0 Å². The summed E-state index contributed by atoms with van der Waals surface area (Å²) in [4.78, 5) is 42.1. The highest BCUT2D eigenvalue weighted by atomic mass is 32.2. The van der Waals surface area contributed by atoms with Crippen LogP contribution in [0.3, 0.4) is 0 Å². The highest BCUT2D eigenvalue weighted by Gasteiger charge is 2.48. The quantitative estimate of drug-likeness (QED) is 0.0799. The summed E-state index contributed by atoms with van der Waals surface area (Å²) < 4.78 is 29.2. The topological polar surface area (TPSA) is 117 Å². The molecule has 4 atom stereocenters. The van der Waals surface area contributed by atoms with Gasteiger partial charge in [-0.3, -0.25) is 9.69 Å². The molecule has 52 heavy (non-hydrogen) atoms. The Morgan fingerprint density at radius 1 is 1.08 bits per heavy atom. The number of methoxy groups -OCH3 is 2. The van der Waals surface area contributed by atoms with Crippen LogP contribution in [0.25, 0.3) is 17.4 Å². The van der Waals surface area contributed by atoms with Crippen LogP contribution in [0, 0.1) is 11.8 Å². The number of fused-ring (bicyclic) bond motifs is 2. The van der Waals surface area contributed by atoms with E-state index >= 15 is 0 Å². The maximum absolute atomic E-state index is 13.8. The Bertz CT molecular complexity index is 1830. The Balaban J connectivity index is 1.19. The number of hydrogen-bond donors (Lipinski definition) is 1. The van der Waals surface area contributed by atoms with Gasteiger partial charge in [-0.15, -0.1) is 0 Å². The van der Waals surface area contributed by atoms with Crippen LogP contribution in [0.15, 0.2) is 63.9 Å². The Morgan fingerprint density at radius 3 is 2.54 bits per heavy atom. The van der Waals surface area contributed by atoms with E-state index in [9.17, 15) is 14.4 Å². The van der Waals surface area contributed by atoms with E-state index in [-0.39, 0.29) is 25.0 Å². The number of ether oxygens (including phenoxy) is 4. The van der Waals surface area contributed by atoms with Crippen LogP contribution >= 0.6 is 24.0 Å². The summed E-state index contributed by atoms with van der Waals surface area (Å²) in [6.07, 6.45) is 6.85. The number of aryl methyl sites for hydroxylation is 1. The molecule has 0 radical (unpaired) electrons. The molecule has 2 bridgehead atoms. The van der Waals surface area contributed by atoms with Crippen molar-refractivity contribution >= 4 is 52.3 Å². The molecule has 1 aromatic heterocycles. The first-order valence-electron chi connectivity index (χ1n) is 17.7. The van der Waals surface area contributed by atoms with Gasteiger partial charge < -0.3 is 28.7 Å². The van der Waals surface area contributed by atoms with E-state index in [1.54, 1.807) is 47.1 Å². The summed E-state index contributed by atoms with van der Waals surface area (Å²) in [7, 11) is 3.18. The third-order valence-corrected chi connectivity index (χ3v) is 11.1. The lowest BCUT2D eigenvalue weighted by atomic mass is 9.94. The summed E-state index contributed by atoms with van der Waals surface area (Å²) >= 11 is 7.06. The molecule has 2 aromatic carbocycles. The Hall–Kier alpha value is -4.29. The SMILES string of the molecule is COc1ccc(-c2cc(CCCOC(=O)[C@H](Cc3ccccc3)NC(=O)OC(C)(C)C)c(/C=C3\SC(=S)N([C@H]4C[C@H]5CC[C@H]4C5)C3=O)o2)c(OC)c1. The average Bonchev–Trinajstić information content (AvgIpc) is 3.90. The van der Waals surface area contributed by atoms with Gasteiger partial charge in [0.25, 0.3) is 5.91 Å². The van der Waals surface area contributed by atoms with Gasteiger partial charge in [0, 0.05) is 24.6 Å². The van der Waals surface area contributed by atoms with Crippen molar-refractivity contribution < 1.29 is 37.7 Å². The van der Waals surface area contributed by atoms with E-state index < -0.39 is 23.7 Å². The van der Waals surface area contributed by atoms with Crippen LogP contribution in [0.1, 0.15) is 69.8 Å². The zero-order chi connectivity index (χ0) is 37.0. The van der Waals surface area contributed by atoms with Crippen molar-refractivity contribution in [3.8, 4) is 22.8 Å². The molecule has 3 aliphatic rings. The molecule has 2 saturated carbocycles. The molecule has 3 aromatic rings. The van der Waals surface area contributed by atoms with Crippen molar-refractivity contribution in [1.29, 1.82) is 0 Å². The largest absolute Gasteiger partial charge is 0.497 e. The summed E-state index contributed by atoms with van der Waals surface area (Å²) in [5.74, 6) is 2.86. The van der Waals surface area contributed by atoms with Gasteiger partial charge in [-0.1, -0.05) is 60.7 Å². The Morgan fingerprint density at radius 2 is 1.87 bits per heavy atom. The highest BCUT2D eigenvalue weighted by Crippen LogP contribution is 2.49. The molecule has 2 heterocycles. The van der Waals surface area contributed by atoms with E-state index in [0.717, 1.165) is 29.5 Å². The lowest BCUT2D eigenvalue weighted by molar-refractivity contribution is -0.146. The van der Waals surface area contributed by atoms with E-state index in [0.29, 0.717) is 56.9 Å². The fourth-order valence-electron chi connectivity index (χ4n) is 7.34. The van der Waals surface area contributed by atoms with Crippen LogP contribution in [0.2, 0.25) is 0 Å². The lowest BCUT2D eigenvalue weighted by Gasteiger charge is -2.30. The molecular formula is C40H46N2O8S2. The average molecular weight is 747 g/mol. The smallest absolute Gasteiger partial charge is 0.408 e. The van der Waals surface area contributed by atoms with Crippen LogP contribution in [0.4, 0.5) is 4.79 Å². The monoisotopic (exact) mass is 746 g/mol. The second-order valence-corrected chi connectivity index (χ2v) is 16.2. The van der Waals surface area contributed by atoms with E-state index in [1.165, 1.54) is 24.6 Å². The maximum Gasteiger partial charge on any atom is 0.408 e. The molecular weight excluding hydrogens is 701 g/mol. The number of esters is 1. The molecule has 3 fully saturated rings. The van der Waals surface area contributed by atoms with E-state index in [2.05, 4.69) is 5.32 Å². The number of carbonyl (C=O) groups excluding carboxylic acids is 3. The molecule has 2 aliphatic carbocycles. The lowest BCUT2D eigenvalue weighted by Crippen LogP contribution is -2.45. The molecule has 0 unspecified atom stereocenters. The third-order valence-electron chi connectivity index (χ3n) is 9.73. The second-order valence-electron chi connectivity index (χ2n) is 14.5. The first-order valence-corrected chi connectivity index (χ1v) is 19.0. The molecule has 2 amide bonds. The number of benzene rings is 2. The number of thioether (sulfide) groups is 1. The fraction of sp³-hybridized carbons (Fsp3) is 0.450. The standard InChI is InChI=1S/C40H46N2O8S2/c1-40(2,3)50-38(45)41-30(19-24-10-7-6-8-11-24)37(44)48-17-9-12-27-21-34(29-16-15-28(46-4)22-33(29)47-5)49-32(27)23-35-36(43)42(39(51)52-35)31-20-25-13-14-26(31)18-25/h6-8,10-11,15-16,21-23,25-26,30-31H,9,12-14,17-20H2,1-5H3,(H,41,45)/b35-23-/t25-,26-,30-,31-/m0/s1. The third kappa shape index (κ3) is 8.83. The summed E-state index contributed by atoms with van der Waals surface area (Å²) in [6, 6.07) is 16.0. The van der Waals surface area contributed by atoms with Gasteiger partial charge in [-0.25, -0.2) is 9.59 Å². The van der Waals surface area contributed by atoms with Gasteiger partial charge in [0.2, 0.25) is 0 Å². The normalized spacial score (nSPS) is 21.1. The van der Waals surface area contributed by atoms with Crippen molar-refractivity contribution in [2.24, 2.45) is 11.8 Å². The zero-order valence-electron chi connectivity index (χ0n) is 30.3. The fourth-order valence-corrected chi connectivity index (χ4v) is 8.68. The van der Waals surface area contributed by atoms with Crippen molar-refractivity contribution in [2.45, 2.75) is 83.4 Å². The zero-order valence-corrected chi connectivity index (χ0v) is 31.9. The number of amides is 2. The predicted molar refractivity (Wildman–Crippen MR) is 204 cm³/mol. The minimum absolute atomic E-state index is 0.0747. The van der Waals surface area contributed by atoms with Crippen LogP contribution in [0.5, 0.6) is 11.5 Å². The molecule has 10 nitrogen and oxygen atoms in total.